The highest BCUT2D eigenvalue weighted by atomic mass is 16.5. The second-order valence-corrected chi connectivity index (χ2v) is 7.01. The molecule has 0 heterocycles. The third-order valence-electron chi connectivity index (χ3n) is 5.16. The highest BCUT2D eigenvalue weighted by Gasteiger charge is 2.26. The molecule has 0 bridgehead atoms. The van der Waals surface area contributed by atoms with E-state index in [0.717, 1.165) is 43.5 Å². The molecule has 0 aliphatic heterocycles. The van der Waals surface area contributed by atoms with Crippen LogP contribution in [0.5, 0.6) is 5.75 Å². The summed E-state index contributed by atoms with van der Waals surface area (Å²) in [6, 6.07) is 7.93. The first-order valence-corrected chi connectivity index (χ1v) is 9.03. The number of hydrogen-bond acceptors (Lipinski definition) is 3. The Kier molecular flexibility index (Phi) is 5.55. The quantitative estimate of drug-likeness (QED) is 0.867. The topological polar surface area (TPSA) is 64.4 Å². The Morgan fingerprint density at radius 2 is 1.78 bits per heavy atom. The number of anilines is 1. The highest BCUT2D eigenvalue weighted by Crippen LogP contribution is 2.28. The third kappa shape index (κ3) is 4.71. The van der Waals surface area contributed by atoms with Crippen LogP contribution in [0.4, 0.5) is 5.69 Å². The van der Waals surface area contributed by atoms with Gasteiger partial charge in [-0.15, -0.1) is 0 Å². The predicted octanol–water partition coefficient (Wildman–Crippen LogP) is 3.85. The standard InChI is InChI=1S/C19H28N2O2/c20-18-8-4-5-14(18)13-19(22)21-15-9-11-17(12-10-15)23-16-6-2-1-3-7-16/h9-12,14,16,18H,1-8,13,20H2,(H,21,22)/t14-,18+/m0/s1. The van der Waals surface area contributed by atoms with E-state index in [4.69, 9.17) is 10.5 Å². The molecule has 0 unspecified atom stereocenters. The SMILES string of the molecule is N[C@@H]1CCC[C@H]1CC(=O)Nc1ccc(OC2CCCCC2)cc1. The van der Waals surface area contributed by atoms with Gasteiger partial charge in [-0.1, -0.05) is 12.8 Å². The number of ether oxygens (including phenoxy) is 1. The first-order valence-electron chi connectivity index (χ1n) is 9.03. The zero-order valence-electron chi connectivity index (χ0n) is 13.8. The largest absolute Gasteiger partial charge is 0.490 e. The summed E-state index contributed by atoms with van der Waals surface area (Å²) in [5.41, 5.74) is 6.86. The van der Waals surface area contributed by atoms with Crippen LogP contribution >= 0.6 is 0 Å². The Labute approximate surface area is 138 Å². The molecule has 2 aliphatic carbocycles. The number of carbonyl (C=O) groups excluding carboxylic acids is 1. The Balaban J connectivity index is 1.47. The van der Waals surface area contributed by atoms with Crippen LogP contribution in [0.3, 0.4) is 0 Å². The molecule has 4 heteroatoms. The van der Waals surface area contributed by atoms with Crippen molar-refractivity contribution in [2.75, 3.05) is 5.32 Å². The molecular formula is C19H28N2O2. The fourth-order valence-electron chi connectivity index (χ4n) is 3.76. The van der Waals surface area contributed by atoms with Crippen LogP contribution in [0.15, 0.2) is 24.3 Å². The van der Waals surface area contributed by atoms with E-state index in [0.29, 0.717) is 18.4 Å². The number of hydrogen-bond donors (Lipinski definition) is 2. The molecule has 23 heavy (non-hydrogen) atoms. The molecule has 1 aromatic carbocycles. The zero-order chi connectivity index (χ0) is 16.1. The molecule has 2 fully saturated rings. The lowest BCUT2D eigenvalue weighted by Gasteiger charge is -2.23. The van der Waals surface area contributed by atoms with Crippen LogP contribution in [-0.4, -0.2) is 18.1 Å². The summed E-state index contributed by atoms with van der Waals surface area (Å²) in [6.45, 7) is 0. The van der Waals surface area contributed by atoms with Gasteiger partial charge in [-0.3, -0.25) is 4.79 Å². The highest BCUT2D eigenvalue weighted by molar-refractivity contribution is 5.90. The van der Waals surface area contributed by atoms with E-state index >= 15 is 0 Å². The van der Waals surface area contributed by atoms with Crippen molar-refractivity contribution in [1.82, 2.24) is 0 Å². The summed E-state index contributed by atoms with van der Waals surface area (Å²) in [4.78, 5) is 12.1. The molecule has 1 aromatic rings. The summed E-state index contributed by atoms with van der Waals surface area (Å²) in [5.74, 6) is 1.30. The van der Waals surface area contributed by atoms with Gasteiger partial charge in [-0.2, -0.15) is 0 Å². The average molecular weight is 316 g/mol. The van der Waals surface area contributed by atoms with Crippen LogP contribution in [0.2, 0.25) is 0 Å². The molecule has 1 amide bonds. The van der Waals surface area contributed by atoms with Crippen molar-refractivity contribution >= 4 is 11.6 Å². The van der Waals surface area contributed by atoms with Crippen LogP contribution in [0, 0.1) is 5.92 Å². The molecule has 0 spiro atoms. The van der Waals surface area contributed by atoms with Crippen LogP contribution in [0.1, 0.15) is 57.8 Å². The Hall–Kier alpha value is -1.55. The zero-order valence-corrected chi connectivity index (χ0v) is 13.8. The molecule has 2 atom stereocenters. The number of benzene rings is 1. The van der Waals surface area contributed by atoms with Gasteiger partial charge in [0.25, 0.3) is 0 Å². The lowest BCUT2D eigenvalue weighted by Crippen LogP contribution is -2.28. The van der Waals surface area contributed by atoms with Gasteiger partial charge < -0.3 is 15.8 Å². The number of rotatable bonds is 5. The molecule has 2 saturated carbocycles. The van der Waals surface area contributed by atoms with Gasteiger partial charge in [0.1, 0.15) is 5.75 Å². The first kappa shape index (κ1) is 16.3. The van der Waals surface area contributed by atoms with E-state index in [1.807, 2.05) is 24.3 Å². The number of carbonyl (C=O) groups is 1. The normalized spacial score (nSPS) is 25.3. The smallest absolute Gasteiger partial charge is 0.224 e. The molecule has 0 aromatic heterocycles. The fraction of sp³-hybridized carbons (Fsp3) is 0.632. The lowest BCUT2D eigenvalue weighted by atomic mass is 9.98. The molecule has 3 rings (SSSR count). The maximum Gasteiger partial charge on any atom is 0.224 e. The molecule has 3 N–H and O–H groups in total. The van der Waals surface area contributed by atoms with Crippen molar-refractivity contribution in [3.05, 3.63) is 24.3 Å². The second-order valence-electron chi connectivity index (χ2n) is 7.01. The van der Waals surface area contributed by atoms with Crippen molar-refractivity contribution in [3.63, 3.8) is 0 Å². The van der Waals surface area contributed by atoms with Crippen LogP contribution in [-0.2, 0) is 4.79 Å². The summed E-state index contributed by atoms with van der Waals surface area (Å²) < 4.78 is 6.01. The van der Waals surface area contributed by atoms with Crippen molar-refractivity contribution in [2.45, 2.75) is 69.9 Å². The second kappa shape index (κ2) is 7.82. The van der Waals surface area contributed by atoms with E-state index in [-0.39, 0.29) is 11.9 Å². The monoisotopic (exact) mass is 316 g/mol. The van der Waals surface area contributed by atoms with Gasteiger partial charge in [-0.05, 0) is 68.7 Å². The minimum Gasteiger partial charge on any atom is -0.490 e. The third-order valence-corrected chi connectivity index (χ3v) is 5.16. The van der Waals surface area contributed by atoms with Crippen LogP contribution < -0.4 is 15.8 Å². The molecule has 4 nitrogen and oxygen atoms in total. The lowest BCUT2D eigenvalue weighted by molar-refractivity contribution is -0.117. The first-order chi connectivity index (χ1) is 11.2. The Bertz CT molecular complexity index is 509. The molecule has 0 radical (unpaired) electrons. The van der Waals surface area contributed by atoms with Gasteiger partial charge in [-0.25, -0.2) is 0 Å². The predicted molar refractivity (Wildman–Crippen MR) is 92.5 cm³/mol. The summed E-state index contributed by atoms with van der Waals surface area (Å²) in [6.07, 6.45) is 10.3. The average Bonchev–Trinajstić information content (AvgIpc) is 2.95. The van der Waals surface area contributed by atoms with E-state index in [2.05, 4.69) is 5.32 Å². The minimum atomic E-state index is 0.0632. The molecule has 0 saturated heterocycles. The molecule has 2 aliphatic rings. The maximum atomic E-state index is 12.1. The molecular weight excluding hydrogens is 288 g/mol. The maximum absolute atomic E-state index is 12.1. The van der Waals surface area contributed by atoms with Gasteiger partial charge in [0, 0.05) is 18.2 Å². The van der Waals surface area contributed by atoms with E-state index < -0.39 is 0 Å². The van der Waals surface area contributed by atoms with Crippen molar-refractivity contribution in [1.29, 1.82) is 0 Å². The van der Waals surface area contributed by atoms with Gasteiger partial charge in [0.05, 0.1) is 6.10 Å². The van der Waals surface area contributed by atoms with Crippen LogP contribution in [0.25, 0.3) is 0 Å². The van der Waals surface area contributed by atoms with Crippen molar-refractivity contribution < 1.29 is 9.53 Å². The Morgan fingerprint density at radius 3 is 2.43 bits per heavy atom. The van der Waals surface area contributed by atoms with E-state index in [9.17, 15) is 4.79 Å². The summed E-state index contributed by atoms with van der Waals surface area (Å²) in [7, 11) is 0. The summed E-state index contributed by atoms with van der Waals surface area (Å²) in [5, 5.41) is 2.97. The van der Waals surface area contributed by atoms with Gasteiger partial charge in [0.15, 0.2) is 0 Å². The fourth-order valence-corrected chi connectivity index (χ4v) is 3.76. The van der Waals surface area contributed by atoms with Gasteiger partial charge >= 0.3 is 0 Å². The number of amides is 1. The summed E-state index contributed by atoms with van der Waals surface area (Å²) >= 11 is 0. The molecule has 126 valence electrons. The van der Waals surface area contributed by atoms with E-state index in [1.54, 1.807) is 0 Å². The number of nitrogens with one attached hydrogen (secondary N) is 1. The Morgan fingerprint density at radius 1 is 1.04 bits per heavy atom. The van der Waals surface area contributed by atoms with Gasteiger partial charge in [0.2, 0.25) is 5.91 Å². The van der Waals surface area contributed by atoms with E-state index in [1.165, 1.54) is 19.3 Å². The minimum absolute atomic E-state index is 0.0632. The van der Waals surface area contributed by atoms with Crippen molar-refractivity contribution in [2.24, 2.45) is 11.7 Å². The van der Waals surface area contributed by atoms with Crippen molar-refractivity contribution in [3.8, 4) is 5.75 Å². The number of nitrogens with two attached hydrogens (primary N) is 1.